The van der Waals surface area contributed by atoms with Crippen molar-refractivity contribution in [3.8, 4) is 0 Å². The topological polar surface area (TPSA) is 61.9 Å². The molecule has 1 aliphatic rings. The third-order valence-electron chi connectivity index (χ3n) is 3.81. The lowest BCUT2D eigenvalue weighted by atomic mass is 10.1. The summed E-state index contributed by atoms with van der Waals surface area (Å²) in [7, 11) is 3.51. The van der Waals surface area contributed by atoms with E-state index in [-0.39, 0.29) is 11.8 Å². The average molecular weight is 319 g/mol. The minimum absolute atomic E-state index is 0.0200. The van der Waals surface area contributed by atoms with Crippen LogP contribution in [0.2, 0.25) is 0 Å². The molecule has 1 aromatic carbocycles. The lowest BCUT2D eigenvalue weighted by molar-refractivity contribution is -0.128. The van der Waals surface area contributed by atoms with Gasteiger partial charge in [0.1, 0.15) is 0 Å². The molecule has 1 saturated heterocycles. The number of anilines is 1. The van der Waals surface area contributed by atoms with Crippen molar-refractivity contribution in [3.05, 3.63) is 29.8 Å². The van der Waals surface area contributed by atoms with Crippen molar-refractivity contribution in [3.63, 3.8) is 0 Å². The molecule has 0 saturated carbocycles. The van der Waals surface area contributed by atoms with Crippen molar-refractivity contribution in [1.29, 1.82) is 0 Å². The number of hydrogen-bond donors (Lipinski definition) is 1. The minimum atomic E-state index is -0.0200. The van der Waals surface area contributed by atoms with Gasteiger partial charge in [0, 0.05) is 39.3 Å². The molecule has 1 N–H and O–H groups in total. The molecule has 1 fully saturated rings. The van der Waals surface area contributed by atoms with Crippen LogP contribution in [0.5, 0.6) is 0 Å². The smallest absolute Gasteiger partial charge is 0.238 e. The SMILES string of the molecule is CN(C)C(=O)CCc1cccc(NC(=O)CN2CCOCC2)c1. The molecule has 1 heterocycles. The molecule has 1 aliphatic heterocycles. The second-order valence-electron chi connectivity index (χ2n) is 5.93. The van der Waals surface area contributed by atoms with E-state index in [0.29, 0.717) is 32.6 Å². The van der Waals surface area contributed by atoms with Crippen molar-refractivity contribution < 1.29 is 14.3 Å². The Bertz CT molecular complexity index is 540. The van der Waals surface area contributed by atoms with Gasteiger partial charge in [0.05, 0.1) is 19.8 Å². The number of amides is 2. The maximum Gasteiger partial charge on any atom is 0.238 e. The molecule has 0 spiro atoms. The number of aryl methyl sites for hydroxylation is 1. The van der Waals surface area contributed by atoms with E-state index in [2.05, 4.69) is 10.2 Å². The minimum Gasteiger partial charge on any atom is -0.379 e. The number of nitrogens with zero attached hydrogens (tertiary/aromatic N) is 2. The summed E-state index contributed by atoms with van der Waals surface area (Å²) in [5.74, 6) is 0.0835. The highest BCUT2D eigenvalue weighted by Crippen LogP contribution is 2.13. The number of morpholine rings is 1. The summed E-state index contributed by atoms with van der Waals surface area (Å²) >= 11 is 0. The number of nitrogens with one attached hydrogen (secondary N) is 1. The van der Waals surface area contributed by atoms with Gasteiger partial charge < -0.3 is 15.0 Å². The largest absolute Gasteiger partial charge is 0.379 e. The molecule has 0 unspecified atom stereocenters. The van der Waals surface area contributed by atoms with Gasteiger partial charge in [-0.15, -0.1) is 0 Å². The van der Waals surface area contributed by atoms with Crippen LogP contribution in [0.3, 0.4) is 0 Å². The lowest BCUT2D eigenvalue weighted by Crippen LogP contribution is -2.41. The second-order valence-corrected chi connectivity index (χ2v) is 5.93. The maximum atomic E-state index is 12.1. The van der Waals surface area contributed by atoms with Crippen molar-refractivity contribution in [2.45, 2.75) is 12.8 Å². The fraction of sp³-hybridized carbons (Fsp3) is 0.529. The number of benzene rings is 1. The zero-order chi connectivity index (χ0) is 16.7. The Hall–Kier alpha value is -1.92. The zero-order valence-electron chi connectivity index (χ0n) is 13.9. The fourth-order valence-corrected chi connectivity index (χ4v) is 2.44. The molecule has 1 aromatic rings. The summed E-state index contributed by atoms with van der Waals surface area (Å²) in [6.07, 6.45) is 1.14. The Morgan fingerprint density at radius 3 is 2.70 bits per heavy atom. The first-order chi connectivity index (χ1) is 11.0. The van der Waals surface area contributed by atoms with Crippen LogP contribution in [0.15, 0.2) is 24.3 Å². The van der Waals surface area contributed by atoms with E-state index in [1.807, 2.05) is 24.3 Å². The molecule has 0 atom stereocenters. The van der Waals surface area contributed by atoms with E-state index in [1.165, 1.54) is 0 Å². The highest BCUT2D eigenvalue weighted by molar-refractivity contribution is 5.92. The van der Waals surface area contributed by atoms with Crippen LogP contribution in [0.4, 0.5) is 5.69 Å². The number of ether oxygens (including phenoxy) is 1. The van der Waals surface area contributed by atoms with Crippen LogP contribution in [-0.2, 0) is 20.7 Å². The summed E-state index contributed by atoms with van der Waals surface area (Å²) in [4.78, 5) is 27.4. The van der Waals surface area contributed by atoms with Crippen molar-refractivity contribution in [2.24, 2.45) is 0 Å². The van der Waals surface area contributed by atoms with Crippen LogP contribution in [0.25, 0.3) is 0 Å². The van der Waals surface area contributed by atoms with Crippen molar-refractivity contribution >= 4 is 17.5 Å². The molecule has 2 rings (SSSR count). The molecular formula is C17H25N3O3. The summed E-state index contributed by atoms with van der Waals surface area (Å²) in [6.45, 7) is 3.33. The molecule has 0 bridgehead atoms. The predicted octanol–water partition coefficient (Wildman–Crippen LogP) is 0.978. The Labute approximate surface area is 137 Å². The first kappa shape index (κ1) is 17.4. The Morgan fingerprint density at radius 1 is 1.26 bits per heavy atom. The van der Waals surface area contributed by atoms with Crippen LogP contribution in [0, 0.1) is 0 Å². The summed E-state index contributed by atoms with van der Waals surface area (Å²) in [6, 6.07) is 7.68. The normalized spacial score (nSPS) is 15.2. The van der Waals surface area contributed by atoms with Crippen LogP contribution in [0.1, 0.15) is 12.0 Å². The van der Waals surface area contributed by atoms with Gasteiger partial charge >= 0.3 is 0 Å². The monoisotopic (exact) mass is 319 g/mol. The summed E-state index contributed by atoms with van der Waals surface area (Å²) in [5.41, 5.74) is 1.82. The fourth-order valence-electron chi connectivity index (χ4n) is 2.44. The molecule has 6 nitrogen and oxygen atoms in total. The van der Waals surface area contributed by atoms with Gasteiger partial charge in [0.2, 0.25) is 11.8 Å². The van der Waals surface area contributed by atoms with E-state index in [0.717, 1.165) is 24.3 Å². The third kappa shape index (κ3) is 6.00. The van der Waals surface area contributed by atoms with Gasteiger partial charge in [0.25, 0.3) is 0 Å². The van der Waals surface area contributed by atoms with Crippen molar-refractivity contribution in [1.82, 2.24) is 9.80 Å². The van der Waals surface area contributed by atoms with E-state index >= 15 is 0 Å². The Kier molecular flexibility index (Phi) is 6.55. The van der Waals surface area contributed by atoms with Gasteiger partial charge in [-0.1, -0.05) is 12.1 Å². The predicted molar refractivity (Wildman–Crippen MR) is 89.3 cm³/mol. The summed E-state index contributed by atoms with van der Waals surface area (Å²) in [5, 5.41) is 2.92. The quantitative estimate of drug-likeness (QED) is 0.849. The van der Waals surface area contributed by atoms with E-state index in [9.17, 15) is 9.59 Å². The third-order valence-corrected chi connectivity index (χ3v) is 3.81. The highest BCUT2D eigenvalue weighted by atomic mass is 16.5. The van der Waals surface area contributed by atoms with E-state index < -0.39 is 0 Å². The van der Waals surface area contributed by atoms with Gasteiger partial charge in [-0.2, -0.15) is 0 Å². The zero-order valence-corrected chi connectivity index (χ0v) is 13.9. The van der Waals surface area contributed by atoms with E-state index in [1.54, 1.807) is 19.0 Å². The lowest BCUT2D eigenvalue weighted by Gasteiger charge is -2.25. The van der Waals surface area contributed by atoms with Crippen LogP contribution < -0.4 is 5.32 Å². The average Bonchev–Trinajstić information content (AvgIpc) is 2.53. The van der Waals surface area contributed by atoms with Crippen molar-refractivity contribution in [2.75, 3.05) is 52.3 Å². The van der Waals surface area contributed by atoms with Gasteiger partial charge in [-0.25, -0.2) is 0 Å². The second kappa shape index (κ2) is 8.64. The molecule has 6 heteroatoms. The summed E-state index contributed by atoms with van der Waals surface area (Å²) < 4.78 is 5.27. The highest BCUT2D eigenvalue weighted by Gasteiger charge is 2.14. The number of carbonyl (C=O) groups is 2. The first-order valence-corrected chi connectivity index (χ1v) is 7.93. The molecule has 0 aromatic heterocycles. The Morgan fingerprint density at radius 2 is 2.00 bits per heavy atom. The van der Waals surface area contributed by atoms with E-state index in [4.69, 9.17) is 4.74 Å². The molecule has 2 amide bonds. The molecule has 126 valence electrons. The van der Waals surface area contributed by atoms with Crippen LogP contribution in [-0.4, -0.2) is 68.6 Å². The maximum absolute atomic E-state index is 12.1. The molecule has 23 heavy (non-hydrogen) atoms. The number of carbonyl (C=O) groups excluding carboxylic acids is 2. The Balaban J connectivity index is 1.84. The molecule has 0 aliphatic carbocycles. The van der Waals surface area contributed by atoms with Gasteiger partial charge in [0.15, 0.2) is 0 Å². The molecular weight excluding hydrogens is 294 g/mol. The van der Waals surface area contributed by atoms with Gasteiger partial charge in [-0.05, 0) is 24.1 Å². The number of rotatable bonds is 6. The number of hydrogen-bond acceptors (Lipinski definition) is 4. The van der Waals surface area contributed by atoms with Gasteiger partial charge in [-0.3, -0.25) is 14.5 Å². The standard InChI is InChI=1S/C17H25N3O3/c1-19(2)17(22)7-6-14-4-3-5-15(12-14)18-16(21)13-20-8-10-23-11-9-20/h3-5,12H,6-11,13H2,1-2H3,(H,18,21). The van der Waals surface area contributed by atoms with Crippen LogP contribution >= 0.6 is 0 Å². The first-order valence-electron chi connectivity index (χ1n) is 7.93. The molecule has 0 radical (unpaired) electrons.